The zero-order chi connectivity index (χ0) is 20.2. The summed E-state index contributed by atoms with van der Waals surface area (Å²) in [6.45, 7) is 7.05. The molecule has 1 aromatic heterocycles. The molecule has 0 spiro atoms. The number of Topliss-reactive ketones (excluding diaryl/α,β-unsaturated/α-hetero) is 1. The number of ketones is 1. The normalized spacial score (nSPS) is 16.1. The largest absolute Gasteiger partial charge is 0.493 e. The van der Waals surface area contributed by atoms with Gasteiger partial charge in [0.1, 0.15) is 24.0 Å². The minimum absolute atomic E-state index is 0.0271. The van der Waals surface area contributed by atoms with Crippen molar-refractivity contribution in [3.63, 3.8) is 0 Å². The van der Waals surface area contributed by atoms with E-state index in [2.05, 4.69) is 19.8 Å². The molecule has 0 saturated carbocycles. The first-order valence-corrected chi connectivity index (χ1v) is 9.65. The number of carbonyl (C=O) groups excluding carboxylic acids is 1. The zero-order valence-electron chi connectivity index (χ0n) is 16.4. The summed E-state index contributed by atoms with van der Waals surface area (Å²) in [6.07, 6.45) is 9.66. The summed E-state index contributed by atoms with van der Waals surface area (Å²) in [4.78, 5) is 24.7. The lowest BCUT2D eigenvalue weighted by Gasteiger charge is -2.35. The van der Waals surface area contributed by atoms with Gasteiger partial charge in [0.25, 0.3) is 0 Å². The van der Waals surface area contributed by atoms with Gasteiger partial charge in [0.15, 0.2) is 6.29 Å². The van der Waals surface area contributed by atoms with Crippen LogP contribution >= 0.6 is 0 Å². The van der Waals surface area contributed by atoms with E-state index in [9.17, 15) is 4.79 Å². The van der Waals surface area contributed by atoms with Crippen molar-refractivity contribution in [1.82, 2.24) is 14.9 Å². The van der Waals surface area contributed by atoms with Crippen LogP contribution in [0.25, 0.3) is 0 Å². The zero-order valence-corrected chi connectivity index (χ0v) is 16.4. The number of ether oxygens (including phenoxy) is 1. The Hall–Kier alpha value is -2.29. The van der Waals surface area contributed by atoms with Crippen molar-refractivity contribution in [2.24, 2.45) is 0 Å². The monoisotopic (exact) mass is 390 g/mol. The van der Waals surface area contributed by atoms with Crippen LogP contribution in [0.1, 0.15) is 26.2 Å². The molecule has 28 heavy (non-hydrogen) atoms. The third-order valence-corrected chi connectivity index (χ3v) is 4.52. The number of nitrogens with zero attached hydrogens (tertiary/aromatic N) is 4. The summed E-state index contributed by atoms with van der Waals surface area (Å²) >= 11 is 0. The number of allylic oxidation sites excluding steroid dienone is 3. The predicted molar refractivity (Wildman–Crippen MR) is 107 cm³/mol. The molecule has 8 nitrogen and oxygen atoms in total. The Labute approximate surface area is 166 Å². The maximum absolute atomic E-state index is 11.6. The molecule has 1 aromatic rings. The first-order valence-electron chi connectivity index (χ1n) is 9.65. The molecule has 2 rings (SSSR count). The van der Waals surface area contributed by atoms with Crippen LogP contribution in [0, 0.1) is 0 Å². The van der Waals surface area contributed by atoms with Gasteiger partial charge >= 0.3 is 0 Å². The number of rotatable bonds is 11. The van der Waals surface area contributed by atoms with E-state index in [4.69, 9.17) is 14.9 Å². The van der Waals surface area contributed by atoms with E-state index < -0.39 is 6.29 Å². The SMILES string of the molecule is C/C=C(\C=C/CC(=O)CCC(O)O)OCCN1CCN(c2cnccn2)CC1. The first kappa shape index (κ1) is 22.0. The highest BCUT2D eigenvalue weighted by atomic mass is 16.5. The Bertz CT molecular complexity index is 641. The molecule has 1 aliphatic heterocycles. The number of hydrogen-bond acceptors (Lipinski definition) is 8. The van der Waals surface area contributed by atoms with Gasteiger partial charge in [-0.1, -0.05) is 6.08 Å². The number of aliphatic hydroxyl groups is 2. The predicted octanol–water partition coefficient (Wildman–Crippen LogP) is 1.13. The lowest BCUT2D eigenvalue weighted by atomic mass is 10.1. The van der Waals surface area contributed by atoms with Crippen molar-refractivity contribution in [1.29, 1.82) is 0 Å². The van der Waals surface area contributed by atoms with Crippen molar-refractivity contribution in [3.05, 3.63) is 42.6 Å². The molecule has 1 saturated heterocycles. The molecule has 0 bridgehead atoms. The number of aliphatic hydroxyl groups excluding tert-OH is 1. The second-order valence-electron chi connectivity index (χ2n) is 6.60. The molecular weight excluding hydrogens is 360 g/mol. The van der Waals surface area contributed by atoms with Crippen LogP contribution in [0.2, 0.25) is 0 Å². The minimum atomic E-state index is -1.43. The van der Waals surface area contributed by atoms with Gasteiger partial charge in [-0.15, -0.1) is 0 Å². The maximum Gasteiger partial charge on any atom is 0.151 e. The molecule has 0 radical (unpaired) electrons. The summed E-state index contributed by atoms with van der Waals surface area (Å²) in [5, 5.41) is 17.5. The fraction of sp³-hybridized carbons (Fsp3) is 0.550. The van der Waals surface area contributed by atoms with Crippen LogP contribution in [0.4, 0.5) is 5.82 Å². The van der Waals surface area contributed by atoms with E-state index in [0.717, 1.165) is 44.3 Å². The summed E-state index contributed by atoms with van der Waals surface area (Å²) in [5.74, 6) is 1.62. The van der Waals surface area contributed by atoms with Crippen LogP contribution in [0.5, 0.6) is 0 Å². The number of carbonyl (C=O) groups is 1. The molecule has 1 fully saturated rings. The molecule has 2 N–H and O–H groups in total. The maximum atomic E-state index is 11.6. The molecule has 0 atom stereocenters. The average molecular weight is 390 g/mol. The molecule has 0 unspecified atom stereocenters. The highest BCUT2D eigenvalue weighted by Gasteiger charge is 2.17. The third-order valence-electron chi connectivity index (χ3n) is 4.52. The quantitative estimate of drug-likeness (QED) is 0.330. The van der Waals surface area contributed by atoms with Crippen molar-refractivity contribution >= 4 is 11.6 Å². The second-order valence-corrected chi connectivity index (χ2v) is 6.60. The van der Waals surface area contributed by atoms with Gasteiger partial charge in [-0.2, -0.15) is 0 Å². The van der Waals surface area contributed by atoms with Crippen LogP contribution in [-0.4, -0.2) is 76.5 Å². The highest BCUT2D eigenvalue weighted by Crippen LogP contribution is 2.11. The lowest BCUT2D eigenvalue weighted by molar-refractivity contribution is -0.120. The fourth-order valence-corrected chi connectivity index (χ4v) is 2.87. The Morgan fingerprint density at radius 3 is 2.71 bits per heavy atom. The molecule has 1 aliphatic rings. The van der Waals surface area contributed by atoms with E-state index >= 15 is 0 Å². The lowest BCUT2D eigenvalue weighted by Crippen LogP contribution is -2.47. The van der Waals surface area contributed by atoms with Crippen LogP contribution in [-0.2, 0) is 9.53 Å². The molecule has 0 aliphatic carbocycles. The first-order chi connectivity index (χ1) is 13.6. The van der Waals surface area contributed by atoms with E-state index in [1.165, 1.54) is 0 Å². The topological polar surface area (TPSA) is 99.0 Å². The molecule has 8 heteroatoms. The van der Waals surface area contributed by atoms with Gasteiger partial charge in [0.05, 0.1) is 6.20 Å². The van der Waals surface area contributed by atoms with E-state index in [0.29, 0.717) is 6.61 Å². The smallest absolute Gasteiger partial charge is 0.151 e. The molecular formula is C20H30N4O4. The van der Waals surface area contributed by atoms with Crippen LogP contribution in [0.15, 0.2) is 42.6 Å². The Morgan fingerprint density at radius 1 is 1.29 bits per heavy atom. The molecule has 0 amide bonds. The van der Waals surface area contributed by atoms with Gasteiger partial charge < -0.3 is 19.8 Å². The van der Waals surface area contributed by atoms with Gasteiger partial charge in [0.2, 0.25) is 0 Å². The number of piperazine rings is 1. The van der Waals surface area contributed by atoms with Crippen molar-refractivity contribution in [3.8, 4) is 0 Å². The van der Waals surface area contributed by atoms with Gasteiger partial charge in [0, 0.05) is 64.4 Å². The van der Waals surface area contributed by atoms with Gasteiger partial charge in [-0.3, -0.25) is 14.7 Å². The van der Waals surface area contributed by atoms with Crippen LogP contribution < -0.4 is 4.90 Å². The summed E-state index contributed by atoms with van der Waals surface area (Å²) in [6, 6.07) is 0. The molecule has 2 heterocycles. The summed E-state index contributed by atoms with van der Waals surface area (Å²) in [7, 11) is 0. The van der Waals surface area contributed by atoms with Crippen molar-refractivity contribution < 1.29 is 19.7 Å². The summed E-state index contributed by atoms with van der Waals surface area (Å²) in [5.41, 5.74) is 0. The minimum Gasteiger partial charge on any atom is -0.493 e. The van der Waals surface area contributed by atoms with E-state index in [1.54, 1.807) is 30.7 Å². The number of aromatic nitrogens is 2. The fourth-order valence-electron chi connectivity index (χ4n) is 2.87. The van der Waals surface area contributed by atoms with Crippen molar-refractivity contribution in [2.45, 2.75) is 32.5 Å². The Balaban J connectivity index is 1.62. The number of hydrogen-bond donors (Lipinski definition) is 2. The standard InChI is InChI=1S/C20H30N4O4/c1-2-18(5-3-4-17(25)6-7-20(26)27)28-15-14-23-10-12-24(13-11-23)19-16-21-8-9-22-19/h2-3,5,8-9,16,20,26-27H,4,6-7,10-15H2,1H3/b5-3-,18-2+. The van der Waals surface area contributed by atoms with Crippen molar-refractivity contribution in [2.75, 3.05) is 44.2 Å². The Morgan fingerprint density at radius 2 is 2.07 bits per heavy atom. The molecule has 0 aromatic carbocycles. The second kappa shape index (κ2) is 12.2. The van der Waals surface area contributed by atoms with Crippen LogP contribution in [0.3, 0.4) is 0 Å². The number of anilines is 1. The van der Waals surface area contributed by atoms with E-state index in [-0.39, 0.29) is 25.0 Å². The van der Waals surface area contributed by atoms with E-state index in [1.807, 2.05) is 13.0 Å². The average Bonchev–Trinajstić information content (AvgIpc) is 2.72. The third kappa shape index (κ3) is 8.16. The highest BCUT2D eigenvalue weighted by molar-refractivity contribution is 5.79. The van der Waals surface area contributed by atoms with Gasteiger partial charge in [-0.25, -0.2) is 4.98 Å². The Kier molecular flexibility index (Phi) is 9.61. The van der Waals surface area contributed by atoms with Gasteiger partial charge in [-0.05, 0) is 19.1 Å². The summed E-state index contributed by atoms with van der Waals surface area (Å²) < 4.78 is 5.79. The molecule has 154 valence electrons.